The van der Waals surface area contributed by atoms with Crippen LogP contribution in [0.2, 0.25) is 0 Å². The summed E-state index contributed by atoms with van der Waals surface area (Å²) in [5, 5.41) is 5.14. The molecule has 0 atom stereocenters. The van der Waals surface area contributed by atoms with Gasteiger partial charge in [0.1, 0.15) is 0 Å². The fraction of sp³-hybridized carbons (Fsp3) is 0.211. The fourth-order valence-corrected chi connectivity index (χ4v) is 2.80. The molecule has 0 aliphatic heterocycles. The molecule has 1 amide bonds. The lowest BCUT2D eigenvalue weighted by atomic mass is 10.1. The Balaban J connectivity index is 1.86. The van der Waals surface area contributed by atoms with Gasteiger partial charge in [0.25, 0.3) is 5.91 Å². The monoisotopic (exact) mass is 434 g/mol. The maximum atomic E-state index is 12.5. The molecule has 0 bridgehead atoms. The largest absolute Gasteiger partial charge is 0.493 e. The van der Waals surface area contributed by atoms with Gasteiger partial charge in [0.05, 0.1) is 28.7 Å². The Morgan fingerprint density at radius 1 is 1.29 bits per heavy atom. The highest BCUT2D eigenvalue weighted by molar-refractivity contribution is 6.03. The summed E-state index contributed by atoms with van der Waals surface area (Å²) in [5.41, 5.74) is 8.99. The van der Waals surface area contributed by atoms with E-state index >= 15 is 0 Å². The number of benzene rings is 1. The van der Waals surface area contributed by atoms with Crippen molar-refractivity contribution in [3.05, 3.63) is 54.0 Å². The average molecular weight is 434 g/mol. The number of hydroxylamine groups is 1. The highest BCUT2D eigenvalue weighted by Crippen LogP contribution is 2.21. The Hall–Kier alpha value is -3.96. The van der Waals surface area contributed by atoms with Crippen molar-refractivity contribution in [1.82, 2.24) is 20.2 Å². The number of aliphatic imine (C=N–C) groups is 1. The SMILES string of the molecule is CCCc1c(C(=O)N=C(N)NOC(=O)C(F)(F)F)cnn1-c1ccc2ncccc2c1. The summed E-state index contributed by atoms with van der Waals surface area (Å²) in [6, 6.07) is 9.16. The van der Waals surface area contributed by atoms with Gasteiger partial charge >= 0.3 is 12.1 Å². The van der Waals surface area contributed by atoms with E-state index in [9.17, 15) is 22.8 Å². The zero-order valence-electron chi connectivity index (χ0n) is 16.2. The van der Waals surface area contributed by atoms with Crippen molar-refractivity contribution in [2.24, 2.45) is 10.7 Å². The first kappa shape index (κ1) is 21.7. The smallest absolute Gasteiger partial charge is 0.367 e. The second-order valence-electron chi connectivity index (χ2n) is 6.34. The van der Waals surface area contributed by atoms with Crippen molar-refractivity contribution < 1.29 is 27.6 Å². The van der Waals surface area contributed by atoms with Gasteiger partial charge in [0.15, 0.2) is 0 Å². The molecule has 3 N–H and O–H groups in total. The van der Waals surface area contributed by atoms with Crippen LogP contribution in [0.5, 0.6) is 0 Å². The average Bonchev–Trinajstić information content (AvgIpc) is 3.15. The van der Waals surface area contributed by atoms with Gasteiger partial charge in [-0.2, -0.15) is 28.7 Å². The van der Waals surface area contributed by atoms with Gasteiger partial charge in [-0.25, -0.2) is 9.48 Å². The molecular weight excluding hydrogens is 417 g/mol. The third-order valence-electron chi connectivity index (χ3n) is 4.12. The summed E-state index contributed by atoms with van der Waals surface area (Å²) in [7, 11) is 0. The molecular formula is C19H17F3N6O3. The minimum Gasteiger partial charge on any atom is -0.367 e. The molecule has 2 aromatic heterocycles. The summed E-state index contributed by atoms with van der Waals surface area (Å²) in [4.78, 5) is 34.7. The molecule has 31 heavy (non-hydrogen) atoms. The lowest BCUT2D eigenvalue weighted by Crippen LogP contribution is -2.38. The van der Waals surface area contributed by atoms with E-state index in [4.69, 9.17) is 5.73 Å². The lowest BCUT2D eigenvalue weighted by molar-refractivity contribution is -0.203. The number of fused-ring (bicyclic) bond motifs is 1. The van der Waals surface area contributed by atoms with Gasteiger partial charge in [0, 0.05) is 11.6 Å². The number of nitrogens with one attached hydrogen (secondary N) is 1. The molecule has 3 rings (SSSR count). The minimum atomic E-state index is -5.22. The maximum Gasteiger partial charge on any atom is 0.493 e. The number of alkyl halides is 3. The molecule has 0 radical (unpaired) electrons. The number of nitrogens with two attached hydrogens (primary N) is 1. The Bertz CT molecular complexity index is 1160. The second kappa shape index (κ2) is 8.81. The zero-order chi connectivity index (χ0) is 22.6. The van der Waals surface area contributed by atoms with Crippen LogP contribution in [0.15, 0.2) is 47.7 Å². The van der Waals surface area contributed by atoms with E-state index in [2.05, 4.69) is 19.9 Å². The molecule has 12 heteroatoms. The predicted molar refractivity (Wildman–Crippen MR) is 104 cm³/mol. The molecule has 9 nitrogen and oxygen atoms in total. The van der Waals surface area contributed by atoms with Crippen LogP contribution in [0.3, 0.4) is 0 Å². The zero-order valence-corrected chi connectivity index (χ0v) is 16.2. The third kappa shape index (κ3) is 4.97. The van der Waals surface area contributed by atoms with Crippen LogP contribution in [0.4, 0.5) is 13.2 Å². The first-order valence-corrected chi connectivity index (χ1v) is 9.05. The number of nitrogens with zero attached hydrogens (tertiary/aromatic N) is 4. The molecule has 0 aliphatic carbocycles. The van der Waals surface area contributed by atoms with Crippen LogP contribution in [0.1, 0.15) is 29.4 Å². The number of halogens is 3. The second-order valence-corrected chi connectivity index (χ2v) is 6.34. The van der Waals surface area contributed by atoms with Gasteiger partial charge in [-0.15, -0.1) is 0 Å². The van der Waals surface area contributed by atoms with Gasteiger partial charge < -0.3 is 10.6 Å². The van der Waals surface area contributed by atoms with E-state index in [1.165, 1.54) is 11.7 Å². The topological polar surface area (TPSA) is 124 Å². The molecule has 0 fully saturated rings. The standard InChI is InChI=1S/C19H17F3N6O3/c1-2-4-15-13(16(29)26-18(23)27-31-17(30)19(20,21)22)10-25-28(15)12-6-7-14-11(9-12)5-3-8-24-14/h3,5-10H,2,4H2,1H3,(H3,23,26,27,29). The lowest BCUT2D eigenvalue weighted by Gasteiger charge is -2.09. The van der Waals surface area contributed by atoms with Crippen LogP contribution < -0.4 is 11.2 Å². The molecule has 0 saturated heterocycles. The number of amides is 1. The Labute approximate surface area is 173 Å². The van der Waals surface area contributed by atoms with Crippen molar-refractivity contribution in [2.45, 2.75) is 25.9 Å². The van der Waals surface area contributed by atoms with Crippen LogP contribution in [-0.2, 0) is 16.1 Å². The number of pyridine rings is 1. The fourth-order valence-electron chi connectivity index (χ4n) is 2.80. The molecule has 0 unspecified atom stereocenters. The number of hydrogen-bond donors (Lipinski definition) is 2. The number of hydrogen-bond acceptors (Lipinski definition) is 5. The number of carbonyl (C=O) groups is 2. The van der Waals surface area contributed by atoms with Gasteiger partial charge in [-0.1, -0.05) is 19.4 Å². The van der Waals surface area contributed by atoms with Crippen molar-refractivity contribution in [1.29, 1.82) is 0 Å². The van der Waals surface area contributed by atoms with Crippen LogP contribution >= 0.6 is 0 Å². The Morgan fingerprint density at radius 2 is 2.06 bits per heavy atom. The first-order chi connectivity index (χ1) is 14.7. The maximum absolute atomic E-state index is 12.5. The first-order valence-electron chi connectivity index (χ1n) is 9.05. The molecule has 1 aromatic carbocycles. The summed E-state index contributed by atoms with van der Waals surface area (Å²) in [5.74, 6) is -4.19. The number of carbonyl (C=O) groups excluding carboxylic acids is 2. The third-order valence-corrected chi connectivity index (χ3v) is 4.12. The van der Waals surface area contributed by atoms with Crippen LogP contribution in [-0.4, -0.2) is 38.8 Å². The van der Waals surface area contributed by atoms with E-state index in [1.807, 2.05) is 25.1 Å². The predicted octanol–water partition coefficient (Wildman–Crippen LogP) is 2.44. The minimum absolute atomic E-state index is 0.111. The van der Waals surface area contributed by atoms with E-state index in [1.54, 1.807) is 23.0 Å². The van der Waals surface area contributed by atoms with Crippen LogP contribution in [0.25, 0.3) is 16.6 Å². The number of rotatable bonds is 4. The Kier molecular flexibility index (Phi) is 6.18. The molecule has 0 aliphatic rings. The molecule has 0 spiro atoms. The highest BCUT2D eigenvalue weighted by Gasteiger charge is 2.41. The van der Waals surface area contributed by atoms with E-state index in [0.717, 1.165) is 10.9 Å². The molecule has 0 saturated carbocycles. The molecule has 3 aromatic rings. The highest BCUT2D eigenvalue weighted by atomic mass is 19.4. The Morgan fingerprint density at radius 3 is 2.77 bits per heavy atom. The van der Waals surface area contributed by atoms with E-state index in [0.29, 0.717) is 24.2 Å². The normalized spacial score (nSPS) is 12.1. The van der Waals surface area contributed by atoms with Crippen molar-refractivity contribution in [3.63, 3.8) is 0 Å². The van der Waals surface area contributed by atoms with Crippen molar-refractivity contribution in [2.75, 3.05) is 0 Å². The summed E-state index contributed by atoms with van der Waals surface area (Å²) < 4.78 is 38.0. The van der Waals surface area contributed by atoms with Gasteiger partial charge in [-0.05, 0) is 30.7 Å². The summed E-state index contributed by atoms with van der Waals surface area (Å²) in [6.07, 6.45) is -1.10. The number of aromatic nitrogens is 3. The van der Waals surface area contributed by atoms with E-state index in [-0.39, 0.29) is 5.56 Å². The summed E-state index contributed by atoms with van der Waals surface area (Å²) >= 11 is 0. The molecule has 162 valence electrons. The van der Waals surface area contributed by atoms with Crippen LogP contribution in [0, 0.1) is 0 Å². The quantitative estimate of drug-likeness (QED) is 0.367. The van der Waals surface area contributed by atoms with Crippen molar-refractivity contribution >= 4 is 28.7 Å². The summed E-state index contributed by atoms with van der Waals surface area (Å²) in [6.45, 7) is 1.91. The molecule has 2 heterocycles. The van der Waals surface area contributed by atoms with Gasteiger partial charge in [0.2, 0.25) is 5.96 Å². The van der Waals surface area contributed by atoms with E-state index < -0.39 is 24.0 Å². The van der Waals surface area contributed by atoms with Crippen molar-refractivity contribution in [3.8, 4) is 5.69 Å². The van der Waals surface area contributed by atoms with Gasteiger partial charge in [-0.3, -0.25) is 9.78 Å². The number of guanidine groups is 1.